The Morgan fingerprint density at radius 2 is 2.16 bits per heavy atom. The highest BCUT2D eigenvalue weighted by molar-refractivity contribution is 9.10. The predicted molar refractivity (Wildman–Crippen MR) is 74.1 cm³/mol. The number of carbonyl (C=O) groups excluding carboxylic acids is 1. The number of benzene rings is 1. The Morgan fingerprint density at radius 3 is 2.74 bits per heavy atom. The van der Waals surface area contributed by atoms with Crippen LogP contribution in [0.5, 0.6) is 0 Å². The molecule has 100 valence electrons. The van der Waals surface area contributed by atoms with Crippen LogP contribution in [-0.2, 0) is 23.2 Å². The summed E-state index contributed by atoms with van der Waals surface area (Å²) in [6, 6.07) is 6.75. The molecule has 1 aromatic carbocycles. The third-order valence-electron chi connectivity index (χ3n) is 2.63. The average Bonchev–Trinajstić information content (AvgIpc) is 2.83. The number of aryl methyl sites for hydroxylation is 1. The molecule has 0 aliphatic heterocycles. The molecule has 5 nitrogen and oxygen atoms in total. The number of halogens is 1. The van der Waals surface area contributed by atoms with E-state index in [0.29, 0.717) is 5.56 Å². The molecule has 0 radical (unpaired) electrons. The minimum absolute atomic E-state index is 0.208. The molecule has 1 aromatic heterocycles. The van der Waals surface area contributed by atoms with Crippen LogP contribution in [0.15, 0.2) is 41.1 Å². The van der Waals surface area contributed by atoms with Gasteiger partial charge in [-0.1, -0.05) is 28.1 Å². The van der Waals surface area contributed by atoms with Gasteiger partial charge >= 0.3 is 5.97 Å². The standard InChI is InChI=1S/C13H14BrN3O2/c1-17-7-10(6-16-17)12(15)13(18)19-8-9-2-4-11(14)5-3-9/h2-7,12H,8,15H2,1H3. The third-order valence-corrected chi connectivity index (χ3v) is 3.16. The highest BCUT2D eigenvalue weighted by Gasteiger charge is 2.18. The molecular formula is C13H14BrN3O2. The van der Waals surface area contributed by atoms with Gasteiger partial charge in [-0.05, 0) is 17.7 Å². The summed E-state index contributed by atoms with van der Waals surface area (Å²) < 4.78 is 7.75. The first-order valence-corrected chi connectivity index (χ1v) is 6.51. The Labute approximate surface area is 119 Å². The van der Waals surface area contributed by atoms with Crippen molar-refractivity contribution in [1.82, 2.24) is 9.78 Å². The van der Waals surface area contributed by atoms with Gasteiger partial charge in [0.25, 0.3) is 0 Å². The second-order valence-corrected chi connectivity index (χ2v) is 5.07. The number of esters is 1. The fourth-order valence-corrected chi connectivity index (χ4v) is 1.83. The number of rotatable bonds is 4. The molecule has 0 saturated carbocycles. The Hall–Kier alpha value is -1.66. The zero-order chi connectivity index (χ0) is 13.8. The van der Waals surface area contributed by atoms with E-state index in [2.05, 4.69) is 21.0 Å². The summed E-state index contributed by atoms with van der Waals surface area (Å²) in [7, 11) is 1.77. The summed E-state index contributed by atoms with van der Waals surface area (Å²) in [5.74, 6) is -0.462. The Balaban J connectivity index is 1.92. The highest BCUT2D eigenvalue weighted by Crippen LogP contribution is 2.14. The Bertz CT molecular complexity index is 566. The molecule has 2 rings (SSSR count). The van der Waals surface area contributed by atoms with E-state index in [0.717, 1.165) is 10.0 Å². The quantitative estimate of drug-likeness (QED) is 0.873. The molecule has 0 aliphatic rings. The number of aromatic nitrogens is 2. The SMILES string of the molecule is Cn1cc(C(N)C(=O)OCc2ccc(Br)cc2)cn1. The van der Waals surface area contributed by atoms with Gasteiger partial charge in [0.1, 0.15) is 12.6 Å². The molecular weight excluding hydrogens is 310 g/mol. The van der Waals surface area contributed by atoms with Crippen LogP contribution in [0.25, 0.3) is 0 Å². The Morgan fingerprint density at radius 1 is 1.47 bits per heavy atom. The van der Waals surface area contributed by atoms with Crippen molar-refractivity contribution in [3.63, 3.8) is 0 Å². The fourth-order valence-electron chi connectivity index (χ4n) is 1.56. The van der Waals surface area contributed by atoms with Gasteiger partial charge in [0.15, 0.2) is 0 Å². The van der Waals surface area contributed by atoms with Crippen molar-refractivity contribution in [3.05, 3.63) is 52.3 Å². The van der Waals surface area contributed by atoms with Gasteiger partial charge in [-0.3, -0.25) is 4.68 Å². The zero-order valence-corrected chi connectivity index (χ0v) is 12.0. The molecule has 2 N–H and O–H groups in total. The van der Waals surface area contributed by atoms with E-state index in [1.807, 2.05) is 24.3 Å². The number of carbonyl (C=O) groups is 1. The van der Waals surface area contributed by atoms with Gasteiger partial charge in [0, 0.05) is 23.3 Å². The molecule has 6 heteroatoms. The van der Waals surface area contributed by atoms with E-state index in [1.165, 1.54) is 0 Å². The van der Waals surface area contributed by atoms with Crippen molar-refractivity contribution in [2.24, 2.45) is 12.8 Å². The first-order valence-electron chi connectivity index (χ1n) is 5.71. The molecule has 19 heavy (non-hydrogen) atoms. The molecule has 0 amide bonds. The predicted octanol–water partition coefficient (Wildman–Crippen LogP) is 1.93. The van der Waals surface area contributed by atoms with Crippen molar-refractivity contribution >= 4 is 21.9 Å². The van der Waals surface area contributed by atoms with Crippen molar-refractivity contribution in [3.8, 4) is 0 Å². The Kier molecular flexibility index (Phi) is 4.34. The summed E-state index contributed by atoms with van der Waals surface area (Å²) >= 11 is 3.34. The van der Waals surface area contributed by atoms with Gasteiger partial charge < -0.3 is 10.5 Å². The number of nitrogens with two attached hydrogens (primary N) is 1. The van der Waals surface area contributed by atoms with Gasteiger partial charge in [0.05, 0.1) is 6.20 Å². The van der Waals surface area contributed by atoms with Crippen LogP contribution < -0.4 is 5.73 Å². The highest BCUT2D eigenvalue weighted by atomic mass is 79.9. The van der Waals surface area contributed by atoms with Gasteiger partial charge in [0.2, 0.25) is 0 Å². The summed E-state index contributed by atoms with van der Waals surface area (Å²) in [5, 5.41) is 3.97. The van der Waals surface area contributed by atoms with E-state index >= 15 is 0 Å². The average molecular weight is 324 g/mol. The lowest BCUT2D eigenvalue weighted by atomic mass is 10.2. The number of nitrogens with zero attached hydrogens (tertiary/aromatic N) is 2. The summed E-state index contributed by atoms with van der Waals surface area (Å²) in [6.07, 6.45) is 3.26. The lowest BCUT2D eigenvalue weighted by Crippen LogP contribution is -2.23. The van der Waals surface area contributed by atoms with Crippen molar-refractivity contribution in [1.29, 1.82) is 0 Å². The molecule has 0 aliphatic carbocycles. The van der Waals surface area contributed by atoms with Gasteiger partial charge in [-0.2, -0.15) is 5.10 Å². The van der Waals surface area contributed by atoms with Crippen molar-refractivity contribution < 1.29 is 9.53 Å². The van der Waals surface area contributed by atoms with Crippen molar-refractivity contribution in [2.75, 3.05) is 0 Å². The van der Waals surface area contributed by atoms with E-state index in [4.69, 9.17) is 10.5 Å². The summed E-state index contributed by atoms with van der Waals surface area (Å²) in [5.41, 5.74) is 7.36. The topological polar surface area (TPSA) is 70.1 Å². The maximum Gasteiger partial charge on any atom is 0.328 e. The summed E-state index contributed by atoms with van der Waals surface area (Å²) in [6.45, 7) is 0.208. The molecule has 0 saturated heterocycles. The smallest absolute Gasteiger partial charge is 0.328 e. The number of hydrogen-bond acceptors (Lipinski definition) is 4. The first kappa shape index (κ1) is 13.8. The molecule has 2 aromatic rings. The molecule has 1 unspecified atom stereocenters. The largest absolute Gasteiger partial charge is 0.459 e. The molecule has 0 bridgehead atoms. The van der Waals surface area contributed by atoms with E-state index in [-0.39, 0.29) is 6.61 Å². The molecule has 1 heterocycles. The minimum atomic E-state index is -0.802. The lowest BCUT2D eigenvalue weighted by molar-refractivity contribution is -0.146. The third kappa shape index (κ3) is 3.65. The number of ether oxygens (including phenoxy) is 1. The molecule has 0 spiro atoms. The monoisotopic (exact) mass is 323 g/mol. The van der Waals surface area contributed by atoms with Crippen LogP contribution in [0, 0.1) is 0 Å². The maximum atomic E-state index is 11.8. The maximum absolute atomic E-state index is 11.8. The normalized spacial score (nSPS) is 12.2. The molecule has 1 atom stereocenters. The number of hydrogen-bond donors (Lipinski definition) is 1. The van der Waals surface area contributed by atoms with Crippen LogP contribution in [-0.4, -0.2) is 15.7 Å². The van der Waals surface area contributed by atoms with Gasteiger partial charge in [-0.15, -0.1) is 0 Å². The molecule has 0 fully saturated rings. The van der Waals surface area contributed by atoms with E-state index in [1.54, 1.807) is 24.1 Å². The minimum Gasteiger partial charge on any atom is -0.459 e. The van der Waals surface area contributed by atoms with Crippen LogP contribution in [0.3, 0.4) is 0 Å². The van der Waals surface area contributed by atoms with Crippen molar-refractivity contribution in [2.45, 2.75) is 12.6 Å². The summed E-state index contributed by atoms with van der Waals surface area (Å²) in [4.78, 5) is 11.8. The van der Waals surface area contributed by atoms with E-state index in [9.17, 15) is 4.79 Å². The first-order chi connectivity index (χ1) is 9.06. The van der Waals surface area contributed by atoms with Gasteiger partial charge in [-0.25, -0.2) is 4.79 Å². The van der Waals surface area contributed by atoms with Crippen LogP contribution in [0.4, 0.5) is 0 Å². The lowest BCUT2D eigenvalue weighted by Gasteiger charge is -2.10. The van der Waals surface area contributed by atoms with Crippen LogP contribution in [0.1, 0.15) is 17.2 Å². The van der Waals surface area contributed by atoms with E-state index < -0.39 is 12.0 Å². The second kappa shape index (κ2) is 5.99. The zero-order valence-electron chi connectivity index (χ0n) is 10.4. The van der Waals surface area contributed by atoms with Crippen LogP contribution in [0.2, 0.25) is 0 Å². The fraction of sp³-hybridized carbons (Fsp3) is 0.231. The van der Waals surface area contributed by atoms with Crippen LogP contribution >= 0.6 is 15.9 Å². The second-order valence-electron chi connectivity index (χ2n) is 4.16.